The van der Waals surface area contributed by atoms with Crippen molar-refractivity contribution in [1.29, 1.82) is 0 Å². The summed E-state index contributed by atoms with van der Waals surface area (Å²) in [6.45, 7) is 0. The van der Waals surface area contributed by atoms with Crippen molar-refractivity contribution in [3.8, 4) is 23.0 Å². The number of benzene rings is 5. The molecule has 0 saturated heterocycles. The molecule has 8 rings (SSSR count). The van der Waals surface area contributed by atoms with Crippen LogP contribution in [0.4, 0.5) is 0 Å². The number of hydrogen-bond donors (Lipinski definition) is 4. The predicted octanol–water partition coefficient (Wildman–Crippen LogP) is 4.68. The highest BCUT2D eigenvalue weighted by atomic mass is 32.2. The van der Waals surface area contributed by atoms with E-state index in [1.54, 1.807) is 12.1 Å². The van der Waals surface area contributed by atoms with Gasteiger partial charge in [-0.1, -0.05) is 0 Å². The van der Waals surface area contributed by atoms with Gasteiger partial charge in [0.15, 0.2) is 0 Å². The summed E-state index contributed by atoms with van der Waals surface area (Å²) in [5, 5.41) is 49.1. The standard InChI is InChI=1S/C26H18O6S/c27-13-7-9-3-1-5-11-15(9)19-17(13)18-14(28)8-10-4-2-6-12-16(10)20(18)22-21(19)25(23(11)29)33(31,32)26(22)24(12)30/h7-8,27-30H,1-6H2. The van der Waals surface area contributed by atoms with E-state index >= 15 is 0 Å². The number of aryl methyl sites for hydroxylation is 4. The van der Waals surface area contributed by atoms with Crippen molar-refractivity contribution in [3.05, 3.63) is 34.4 Å². The molecule has 164 valence electrons. The van der Waals surface area contributed by atoms with Gasteiger partial charge in [0.1, 0.15) is 32.8 Å². The van der Waals surface area contributed by atoms with E-state index in [4.69, 9.17) is 0 Å². The van der Waals surface area contributed by atoms with Gasteiger partial charge in [-0.3, -0.25) is 0 Å². The van der Waals surface area contributed by atoms with Gasteiger partial charge in [0.25, 0.3) is 0 Å². The van der Waals surface area contributed by atoms with Crippen LogP contribution in [0.3, 0.4) is 0 Å². The number of phenolic OH excluding ortho intramolecular Hbond substituents is 4. The molecule has 0 aromatic heterocycles. The summed E-state index contributed by atoms with van der Waals surface area (Å²) in [6.07, 6.45) is 3.89. The van der Waals surface area contributed by atoms with E-state index in [-0.39, 0.29) is 32.8 Å². The van der Waals surface area contributed by atoms with Gasteiger partial charge in [-0.15, -0.1) is 0 Å². The zero-order valence-electron chi connectivity index (χ0n) is 17.4. The molecular formula is C26H18O6S. The summed E-state index contributed by atoms with van der Waals surface area (Å²) in [6, 6.07) is 3.38. The molecule has 0 radical (unpaired) electrons. The molecule has 0 spiro atoms. The van der Waals surface area contributed by atoms with Crippen LogP contribution in [0, 0.1) is 0 Å². The smallest absolute Gasteiger partial charge is 0.215 e. The average Bonchev–Trinajstić information content (AvgIpc) is 3.03. The third kappa shape index (κ3) is 1.71. The van der Waals surface area contributed by atoms with Gasteiger partial charge in [-0.05, 0) is 72.6 Å². The molecule has 4 N–H and O–H groups in total. The molecule has 5 aromatic carbocycles. The van der Waals surface area contributed by atoms with Crippen LogP contribution in [-0.4, -0.2) is 28.8 Å². The molecule has 7 heteroatoms. The molecule has 6 nitrogen and oxygen atoms in total. The number of phenols is 4. The molecular weight excluding hydrogens is 440 g/mol. The Morgan fingerprint density at radius 1 is 0.545 bits per heavy atom. The van der Waals surface area contributed by atoms with Crippen LogP contribution in [0.5, 0.6) is 23.0 Å². The molecule has 5 aromatic rings. The van der Waals surface area contributed by atoms with Gasteiger partial charge >= 0.3 is 0 Å². The van der Waals surface area contributed by atoms with Crippen molar-refractivity contribution in [1.82, 2.24) is 0 Å². The normalized spacial score (nSPS) is 17.9. The van der Waals surface area contributed by atoms with Gasteiger partial charge in [0.05, 0.1) is 0 Å². The molecule has 0 bridgehead atoms. The van der Waals surface area contributed by atoms with Crippen LogP contribution in [0.15, 0.2) is 21.9 Å². The molecule has 1 heterocycles. The third-order valence-electron chi connectivity index (χ3n) is 8.12. The zero-order valence-corrected chi connectivity index (χ0v) is 18.2. The minimum absolute atomic E-state index is 0.00854. The Labute approximate surface area is 187 Å². The average molecular weight is 458 g/mol. The van der Waals surface area contributed by atoms with E-state index in [2.05, 4.69) is 0 Å². The minimum atomic E-state index is -4.21. The molecule has 0 unspecified atom stereocenters. The first-order valence-corrected chi connectivity index (χ1v) is 12.7. The maximum Gasteiger partial charge on any atom is 0.215 e. The fourth-order valence-electron chi connectivity index (χ4n) is 7.01. The van der Waals surface area contributed by atoms with E-state index in [9.17, 15) is 28.8 Å². The SMILES string of the molecule is O=S1(=O)c2c(O)c3c4c(cc(O)c5c6c(O)cc7c8c(c(O)c1c(c2c45)c86)CCC7)CCC3. The lowest BCUT2D eigenvalue weighted by Crippen LogP contribution is -2.06. The molecule has 0 atom stereocenters. The molecule has 2 aliphatic carbocycles. The quantitative estimate of drug-likeness (QED) is 0.194. The highest BCUT2D eigenvalue weighted by Crippen LogP contribution is 2.61. The van der Waals surface area contributed by atoms with Crippen molar-refractivity contribution in [3.63, 3.8) is 0 Å². The number of sulfone groups is 1. The van der Waals surface area contributed by atoms with E-state index < -0.39 is 9.84 Å². The Balaban J connectivity index is 1.88. The molecule has 3 aliphatic rings. The summed E-state index contributed by atoms with van der Waals surface area (Å²) in [5.74, 6) is -0.519. The molecule has 0 fully saturated rings. The van der Waals surface area contributed by atoms with Crippen molar-refractivity contribution in [2.75, 3.05) is 0 Å². The lowest BCUT2D eigenvalue weighted by Gasteiger charge is -2.25. The van der Waals surface area contributed by atoms with Gasteiger partial charge in [-0.25, -0.2) is 8.42 Å². The third-order valence-corrected chi connectivity index (χ3v) is 9.99. The minimum Gasteiger partial charge on any atom is -0.507 e. The summed E-state index contributed by atoms with van der Waals surface area (Å²) in [4.78, 5) is -0.355. The molecule has 33 heavy (non-hydrogen) atoms. The predicted molar refractivity (Wildman–Crippen MR) is 124 cm³/mol. The zero-order chi connectivity index (χ0) is 22.5. The van der Waals surface area contributed by atoms with Crippen LogP contribution >= 0.6 is 0 Å². The number of hydrogen-bond acceptors (Lipinski definition) is 6. The second-order valence-electron chi connectivity index (χ2n) is 9.63. The van der Waals surface area contributed by atoms with Crippen LogP contribution in [0.2, 0.25) is 0 Å². The van der Waals surface area contributed by atoms with Crippen molar-refractivity contribution >= 4 is 52.9 Å². The monoisotopic (exact) mass is 458 g/mol. The highest BCUT2D eigenvalue weighted by molar-refractivity contribution is 7.92. The van der Waals surface area contributed by atoms with E-state index in [1.165, 1.54) is 0 Å². The lowest BCUT2D eigenvalue weighted by atomic mass is 9.78. The first-order chi connectivity index (χ1) is 15.8. The summed E-state index contributed by atoms with van der Waals surface area (Å²) in [7, 11) is -4.21. The first kappa shape index (κ1) is 18.0. The first-order valence-electron chi connectivity index (χ1n) is 11.2. The fourth-order valence-corrected chi connectivity index (χ4v) is 8.92. The van der Waals surface area contributed by atoms with Crippen LogP contribution < -0.4 is 0 Å². The molecule has 0 saturated carbocycles. The Hall–Kier alpha value is -3.45. The van der Waals surface area contributed by atoms with Gasteiger partial charge in [0.2, 0.25) is 9.84 Å². The largest absolute Gasteiger partial charge is 0.507 e. The number of rotatable bonds is 0. The second-order valence-corrected chi connectivity index (χ2v) is 11.5. The Morgan fingerprint density at radius 2 is 0.970 bits per heavy atom. The second kappa shape index (κ2) is 5.20. The van der Waals surface area contributed by atoms with E-state index in [0.717, 1.165) is 34.7 Å². The summed E-state index contributed by atoms with van der Waals surface area (Å²) in [5.41, 5.74) is 2.83. The van der Waals surface area contributed by atoms with Crippen molar-refractivity contribution in [2.45, 2.75) is 48.3 Å². The van der Waals surface area contributed by atoms with Crippen molar-refractivity contribution < 1.29 is 28.8 Å². The Morgan fingerprint density at radius 3 is 1.39 bits per heavy atom. The lowest BCUT2D eigenvalue weighted by molar-refractivity contribution is 0.448. The Bertz CT molecular complexity index is 1780. The van der Waals surface area contributed by atoms with Gasteiger partial charge < -0.3 is 20.4 Å². The Kier molecular flexibility index (Phi) is 2.84. The van der Waals surface area contributed by atoms with Crippen molar-refractivity contribution in [2.24, 2.45) is 0 Å². The van der Waals surface area contributed by atoms with Crippen LogP contribution in [0.25, 0.3) is 43.1 Å². The van der Waals surface area contributed by atoms with Crippen LogP contribution in [0.1, 0.15) is 35.1 Å². The summed E-state index contributed by atoms with van der Waals surface area (Å²) < 4.78 is 27.8. The van der Waals surface area contributed by atoms with E-state index in [0.29, 0.717) is 69.1 Å². The molecule has 0 amide bonds. The number of fused-ring (bicyclic) bond motifs is 1. The van der Waals surface area contributed by atoms with Gasteiger partial charge in [0, 0.05) is 43.4 Å². The molecule has 1 aliphatic heterocycles. The maximum absolute atomic E-state index is 13.9. The fraction of sp³-hybridized carbons (Fsp3) is 0.231. The van der Waals surface area contributed by atoms with E-state index in [1.807, 2.05) is 0 Å². The maximum atomic E-state index is 13.9. The van der Waals surface area contributed by atoms with Gasteiger partial charge in [-0.2, -0.15) is 0 Å². The summed E-state index contributed by atoms with van der Waals surface area (Å²) >= 11 is 0. The highest BCUT2D eigenvalue weighted by Gasteiger charge is 2.43. The number of aromatic hydroxyl groups is 4. The topological polar surface area (TPSA) is 115 Å². The van der Waals surface area contributed by atoms with Crippen LogP contribution in [-0.2, 0) is 35.5 Å².